The first-order chi connectivity index (χ1) is 21.2. The molecule has 0 bridgehead atoms. The summed E-state index contributed by atoms with van der Waals surface area (Å²) in [6.45, 7) is 0. The molecule has 0 atom stereocenters. The molecule has 8 rings (SSSR count). The van der Waals surface area contributed by atoms with Crippen molar-refractivity contribution >= 4 is 49.0 Å². The Morgan fingerprint density at radius 3 is 2.14 bits per heavy atom. The Hall–Kier alpha value is -5.59. The highest BCUT2D eigenvalue weighted by Crippen LogP contribution is 2.42. The second kappa shape index (κ2) is 10.0. The van der Waals surface area contributed by atoms with Crippen molar-refractivity contribution in [3.05, 3.63) is 150 Å². The molecule has 6 heteroatoms. The highest BCUT2D eigenvalue weighted by Gasteiger charge is 2.19. The number of para-hydroxylation sites is 2. The van der Waals surface area contributed by atoms with E-state index in [2.05, 4.69) is 77.4 Å². The van der Waals surface area contributed by atoms with Crippen molar-refractivity contribution in [1.82, 2.24) is 9.55 Å². The summed E-state index contributed by atoms with van der Waals surface area (Å²) in [6, 6.07) is 46.5. The number of aromatic nitrogens is 2. The van der Waals surface area contributed by atoms with Gasteiger partial charge < -0.3 is 4.57 Å². The lowest BCUT2D eigenvalue weighted by atomic mass is 9.97. The monoisotopic (exact) mass is 573 g/mol. The normalized spacial score (nSPS) is 11.4. The van der Waals surface area contributed by atoms with E-state index < -0.39 is 0 Å². The first-order valence-corrected chi connectivity index (χ1v) is 14.8. The minimum Gasteiger partial charge on any atom is -0.308 e. The summed E-state index contributed by atoms with van der Waals surface area (Å²) in [5.41, 5.74) is 9.02. The van der Waals surface area contributed by atoms with Crippen LogP contribution in [0.25, 0.3) is 70.5 Å². The zero-order valence-corrected chi connectivity index (χ0v) is 23.7. The molecule has 2 heterocycles. The van der Waals surface area contributed by atoms with Crippen LogP contribution in [0.3, 0.4) is 0 Å². The second-order valence-electron chi connectivity index (χ2n) is 10.5. The van der Waals surface area contributed by atoms with E-state index in [1.165, 1.54) is 0 Å². The lowest BCUT2D eigenvalue weighted by Gasteiger charge is -2.09. The average Bonchev–Trinajstić information content (AvgIpc) is 3.65. The quantitative estimate of drug-likeness (QED) is 0.152. The highest BCUT2D eigenvalue weighted by atomic mass is 32.1. The van der Waals surface area contributed by atoms with E-state index in [0.717, 1.165) is 65.0 Å². The molecule has 2 aromatic heterocycles. The lowest BCUT2D eigenvalue weighted by Crippen LogP contribution is -1.93. The SMILES string of the molecule is O=[N+]([O-])c1ccccc1-c1cccc(-c2ccc3c(c2)c2ccc4nc(-c5ccccc5)sc4c2n3-c2ccccc2)c1. The fraction of sp³-hybridized carbons (Fsp3) is 0. The number of benzene rings is 6. The van der Waals surface area contributed by atoms with E-state index in [9.17, 15) is 10.1 Å². The molecule has 0 radical (unpaired) electrons. The number of thiazole rings is 1. The third-order valence-electron chi connectivity index (χ3n) is 7.93. The molecule has 6 aromatic carbocycles. The summed E-state index contributed by atoms with van der Waals surface area (Å²) in [6.07, 6.45) is 0. The molecule has 0 saturated carbocycles. The van der Waals surface area contributed by atoms with Crippen molar-refractivity contribution in [3.63, 3.8) is 0 Å². The zero-order chi connectivity index (χ0) is 28.9. The summed E-state index contributed by atoms with van der Waals surface area (Å²) >= 11 is 1.72. The van der Waals surface area contributed by atoms with Gasteiger partial charge in [0.25, 0.3) is 5.69 Å². The molecule has 0 fully saturated rings. The maximum atomic E-state index is 11.7. The number of nitro benzene ring substituents is 1. The van der Waals surface area contributed by atoms with E-state index in [-0.39, 0.29) is 10.6 Å². The molecule has 8 aromatic rings. The maximum absolute atomic E-state index is 11.7. The predicted octanol–water partition coefficient (Wildman–Crippen LogP) is 10.3. The van der Waals surface area contributed by atoms with Gasteiger partial charge in [-0.15, -0.1) is 11.3 Å². The first kappa shape index (κ1) is 25.1. The van der Waals surface area contributed by atoms with Gasteiger partial charge >= 0.3 is 0 Å². The summed E-state index contributed by atoms with van der Waals surface area (Å²) in [5, 5.41) is 15.0. The molecule has 0 aliphatic carbocycles. The van der Waals surface area contributed by atoms with E-state index >= 15 is 0 Å². The molecule has 5 nitrogen and oxygen atoms in total. The largest absolute Gasteiger partial charge is 0.308 e. The van der Waals surface area contributed by atoms with Crippen molar-refractivity contribution < 1.29 is 4.92 Å². The van der Waals surface area contributed by atoms with Crippen LogP contribution in [-0.4, -0.2) is 14.5 Å². The topological polar surface area (TPSA) is 61.0 Å². The van der Waals surface area contributed by atoms with Crippen molar-refractivity contribution in [2.24, 2.45) is 0 Å². The average molecular weight is 574 g/mol. The predicted molar refractivity (Wildman–Crippen MR) is 177 cm³/mol. The van der Waals surface area contributed by atoms with E-state index in [0.29, 0.717) is 5.56 Å². The van der Waals surface area contributed by atoms with E-state index in [4.69, 9.17) is 4.98 Å². The van der Waals surface area contributed by atoms with Crippen molar-refractivity contribution in [2.45, 2.75) is 0 Å². The van der Waals surface area contributed by atoms with Gasteiger partial charge in [0.1, 0.15) is 5.01 Å². The van der Waals surface area contributed by atoms with Gasteiger partial charge in [-0.25, -0.2) is 4.98 Å². The summed E-state index contributed by atoms with van der Waals surface area (Å²) in [7, 11) is 0. The van der Waals surface area contributed by atoms with Gasteiger partial charge in [0.05, 0.1) is 31.7 Å². The Bertz CT molecular complexity index is 2320. The Morgan fingerprint density at radius 2 is 1.33 bits per heavy atom. The van der Waals surface area contributed by atoms with Crippen LogP contribution in [0.2, 0.25) is 0 Å². The molecular formula is C37H23N3O2S. The number of rotatable bonds is 5. The number of nitrogens with zero attached hydrogens (tertiary/aromatic N) is 3. The first-order valence-electron chi connectivity index (χ1n) is 14.0. The van der Waals surface area contributed by atoms with Crippen LogP contribution < -0.4 is 0 Å². The summed E-state index contributed by atoms with van der Waals surface area (Å²) in [5.74, 6) is 0. The molecular weight excluding hydrogens is 550 g/mol. The molecule has 0 saturated heterocycles. The Kier molecular flexibility index (Phi) is 5.88. The zero-order valence-electron chi connectivity index (χ0n) is 22.8. The van der Waals surface area contributed by atoms with Gasteiger partial charge in [-0.2, -0.15) is 0 Å². The smallest absolute Gasteiger partial charge is 0.277 e. The van der Waals surface area contributed by atoms with Gasteiger partial charge in [0.15, 0.2) is 0 Å². The van der Waals surface area contributed by atoms with Crippen molar-refractivity contribution in [3.8, 4) is 38.5 Å². The molecule has 204 valence electrons. The van der Waals surface area contributed by atoms with E-state index in [1.807, 2.05) is 48.5 Å². The van der Waals surface area contributed by atoms with Crippen LogP contribution in [0.5, 0.6) is 0 Å². The van der Waals surface area contributed by atoms with Crippen LogP contribution in [-0.2, 0) is 0 Å². The molecule has 0 aliphatic rings. The van der Waals surface area contributed by atoms with E-state index in [1.54, 1.807) is 29.5 Å². The third-order valence-corrected chi connectivity index (χ3v) is 9.05. The molecule has 0 aliphatic heterocycles. The molecule has 0 spiro atoms. The standard InChI is InChI=1S/C37H23N3O2S/c41-40(42)34-17-8-7-16-29(34)27-13-9-12-25(22-27)26-18-21-33-31(23-26)30-19-20-32-36(35(30)39(33)28-14-5-2-6-15-28)43-37(38-32)24-10-3-1-4-11-24/h1-23H. The Balaban J connectivity index is 1.36. The maximum Gasteiger partial charge on any atom is 0.277 e. The van der Waals surface area contributed by atoms with Gasteiger partial charge in [-0.05, 0) is 65.2 Å². The number of hydrogen-bond donors (Lipinski definition) is 0. The second-order valence-corrected chi connectivity index (χ2v) is 11.5. The summed E-state index contributed by atoms with van der Waals surface area (Å²) in [4.78, 5) is 16.4. The fourth-order valence-electron chi connectivity index (χ4n) is 5.96. The highest BCUT2D eigenvalue weighted by molar-refractivity contribution is 7.22. The van der Waals surface area contributed by atoms with Crippen LogP contribution in [0, 0.1) is 10.1 Å². The minimum atomic E-state index is -0.324. The molecule has 43 heavy (non-hydrogen) atoms. The minimum absolute atomic E-state index is 0.101. The fourth-order valence-corrected chi connectivity index (χ4v) is 7.06. The van der Waals surface area contributed by atoms with Gasteiger partial charge in [-0.3, -0.25) is 10.1 Å². The van der Waals surface area contributed by atoms with Gasteiger partial charge in [0, 0.05) is 28.1 Å². The Morgan fingerprint density at radius 1 is 0.628 bits per heavy atom. The van der Waals surface area contributed by atoms with Crippen LogP contribution in [0.1, 0.15) is 0 Å². The lowest BCUT2D eigenvalue weighted by molar-refractivity contribution is -0.384. The van der Waals surface area contributed by atoms with Gasteiger partial charge in [0.2, 0.25) is 0 Å². The van der Waals surface area contributed by atoms with Crippen molar-refractivity contribution in [1.29, 1.82) is 0 Å². The van der Waals surface area contributed by atoms with Crippen LogP contribution >= 0.6 is 11.3 Å². The molecule has 0 unspecified atom stereocenters. The summed E-state index contributed by atoms with van der Waals surface area (Å²) < 4.78 is 3.49. The third kappa shape index (κ3) is 4.19. The molecule has 0 N–H and O–H groups in total. The van der Waals surface area contributed by atoms with Crippen molar-refractivity contribution in [2.75, 3.05) is 0 Å². The number of fused-ring (bicyclic) bond motifs is 5. The van der Waals surface area contributed by atoms with Crippen LogP contribution in [0.4, 0.5) is 5.69 Å². The van der Waals surface area contributed by atoms with Gasteiger partial charge in [-0.1, -0.05) is 84.9 Å². The Labute approximate surface area is 251 Å². The molecule has 0 amide bonds. The number of hydrogen-bond acceptors (Lipinski definition) is 4. The number of nitro groups is 1. The van der Waals surface area contributed by atoms with Crippen LogP contribution in [0.15, 0.2) is 140 Å².